The van der Waals surface area contributed by atoms with Gasteiger partial charge in [0, 0.05) is 13.1 Å². The SMILES string of the molecule is CCN(CC)CCN(C(=O)Cc1cccc(C)c1)c1nc2ccccc2s1. The molecule has 2 aromatic carbocycles. The molecule has 0 N–H and O–H groups in total. The van der Waals surface area contributed by atoms with Crippen LogP contribution in [0.3, 0.4) is 0 Å². The molecule has 0 unspecified atom stereocenters. The highest BCUT2D eigenvalue weighted by atomic mass is 32.1. The van der Waals surface area contributed by atoms with E-state index in [1.165, 1.54) is 5.56 Å². The van der Waals surface area contributed by atoms with Crippen molar-refractivity contribution in [3.8, 4) is 0 Å². The topological polar surface area (TPSA) is 36.4 Å². The van der Waals surface area contributed by atoms with Crippen LogP contribution in [0.5, 0.6) is 0 Å². The van der Waals surface area contributed by atoms with Crippen molar-refractivity contribution in [3.63, 3.8) is 0 Å². The maximum Gasteiger partial charge on any atom is 0.233 e. The molecule has 0 radical (unpaired) electrons. The van der Waals surface area contributed by atoms with Crippen LogP contribution in [-0.4, -0.2) is 42.0 Å². The molecular weight excluding hydrogens is 354 g/mol. The van der Waals surface area contributed by atoms with Crippen LogP contribution in [-0.2, 0) is 11.2 Å². The predicted molar refractivity (Wildman–Crippen MR) is 115 cm³/mol. The maximum atomic E-state index is 13.2. The van der Waals surface area contributed by atoms with Gasteiger partial charge in [-0.3, -0.25) is 9.69 Å². The molecule has 0 saturated carbocycles. The van der Waals surface area contributed by atoms with E-state index in [9.17, 15) is 4.79 Å². The van der Waals surface area contributed by atoms with Crippen molar-refractivity contribution in [1.82, 2.24) is 9.88 Å². The van der Waals surface area contributed by atoms with Crippen LogP contribution < -0.4 is 4.90 Å². The number of thiazole rings is 1. The molecule has 0 aliphatic heterocycles. The predicted octanol–water partition coefficient (Wildman–Crippen LogP) is 4.52. The molecule has 27 heavy (non-hydrogen) atoms. The van der Waals surface area contributed by atoms with E-state index in [4.69, 9.17) is 4.98 Å². The fraction of sp³-hybridized carbons (Fsp3) is 0.364. The smallest absolute Gasteiger partial charge is 0.233 e. The average molecular weight is 382 g/mol. The van der Waals surface area contributed by atoms with Crippen molar-refractivity contribution in [1.29, 1.82) is 0 Å². The van der Waals surface area contributed by atoms with Crippen LogP contribution in [0.4, 0.5) is 5.13 Å². The zero-order chi connectivity index (χ0) is 19.2. The van der Waals surface area contributed by atoms with Gasteiger partial charge in [-0.25, -0.2) is 4.98 Å². The Kier molecular flexibility index (Phi) is 6.58. The number of likely N-dealkylation sites (N-methyl/N-ethyl adjacent to an activating group) is 1. The minimum absolute atomic E-state index is 0.104. The number of aromatic nitrogens is 1. The largest absolute Gasteiger partial charge is 0.302 e. The third-order valence-electron chi connectivity index (χ3n) is 4.79. The van der Waals surface area contributed by atoms with E-state index in [-0.39, 0.29) is 5.91 Å². The van der Waals surface area contributed by atoms with Crippen molar-refractivity contribution in [2.24, 2.45) is 0 Å². The second-order valence-corrected chi connectivity index (χ2v) is 7.71. The summed E-state index contributed by atoms with van der Waals surface area (Å²) in [7, 11) is 0. The van der Waals surface area contributed by atoms with Gasteiger partial charge in [0.2, 0.25) is 5.91 Å². The van der Waals surface area contributed by atoms with Gasteiger partial charge < -0.3 is 4.90 Å². The first-order valence-electron chi connectivity index (χ1n) is 9.54. The Morgan fingerprint density at radius 1 is 1.04 bits per heavy atom. The Morgan fingerprint density at radius 3 is 2.52 bits per heavy atom. The molecule has 142 valence electrons. The molecular formula is C22H27N3OS. The normalized spacial score (nSPS) is 11.3. The average Bonchev–Trinajstić information content (AvgIpc) is 3.09. The number of benzene rings is 2. The fourth-order valence-corrected chi connectivity index (χ4v) is 4.18. The van der Waals surface area contributed by atoms with E-state index in [0.29, 0.717) is 13.0 Å². The van der Waals surface area contributed by atoms with Crippen molar-refractivity contribution in [2.75, 3.05) is 31.1 Å². The number of para-hydroxylation sites is 1. The third-order valence-corrected chi connectivity index (χ3v) is 5.85. The minimum atomic E-state index is 0.104. The Hall–Kier alpha value is -2.24. The minimum Gasteiger partial charge on any atom is -0.302 e. The summed E-state index contributed by atoms with van der Waals surface area (Å²) >= 11 is 1.59. The molecule has 4 nitrogen and oxygen atoms in total. The zero-order valence-corrected chi connectivity index (χ0v) is 17.1. The monoisotopic (exact) mass is 381 g/mol. The molecule has 0 aliphatic carbocycles. The lowest BCUT2D eigenvalue weighted by molar-refractivity contribution is -0.118. The summed E-state index contributed by atoms with van der Waals surface area (Å²) in [5.74, 6) is 0.104. The first kappa shape index (κ1) is 19.5. The highest BCUT2D eigenvalue weighted by Gasteiger charge is 2.20. The van der Waals surface area contributed by atoms with Gasteiger partial charge in [0.05, 0.1) is 16.6 Å². The summed E-state index contributed by atoms with van der Waals surface area (Å²) < 4.78 is 1.11. The molecule has 5 heteroatoms. The molecule has 0 bridgehead atoms. The molecule has 0 atom stereocenters. The number of nitrogens with zero attached hydrogens (tertiary/aromatic N) is 3. The number of fused-ring (bicyclic) bond motifs is 1. The number of rotatable bonds is 8. The standard InChI is InChI=1S/C22H27N3OS/c1-4-24(5-2)13-14-25(21(26)16-18-10-8-9-17(3)15-18)22-23-19-11-6-7-12-20(19)27-22/h6-12,15H,4-5,13-14,16H2,1-3H3. The Balaban J connectivity index is 1.85. The summed E-state index contributed by atoms with van der Waals surface area (Å²) in [5, 5.41) is 0.793. The maximum absolute atomic E-state index is 13.2. The van der Waals surface area contributed by atoms with Gasteiger partial charge in [0.15, 0.2) is 5.13 Å². The molecule has 3 aromatic rings. The van der Waals surface area contributed by atoms with E-state index in [0.717, 1.165) is 40.5 Å². The second kappa shape index (κ2) is 9.11. The van der Waals surface area contributed by atoms with Crippen LogP contribution in [0.1, 0.15) is 25.0 Å². The quantitative estimate of drug-likeness (QED) is 0.575. The van der Waals surface area contributed by atoms with E-state index in [1.54, 1.807) is 11.3 Å². The van der Waals surface area contributed by atoms with Crippen molar-refractivity contribution >= 4 is 32.6 Å². The van der Waals surface area contributed by atoms with E-state index >= 15 is 0 Å². The number of carbonyl (C=O) groups excluding carboxylic acids is 1. The molecule has 1 heterocycles. The Labute approximate surface area is 165 Å². The molecule has 1 amide bonds. The number of carbonyl (C=O) groups is 1. The van der Waals surface area contributed by atoms with Gasteiger partial charge in [0.1, 0.15) is 0 Å². The number of hydrogen-bond acceptors (Lipinski definition) is 4. The molecule has 0 spiro atoms. The number of aryl methyl sites for hydroxylation is 1. The van der Waals surface area contributed by atoms with Crippen LogP contribution in [0.2, 0.25) is 0 Å². The van der Waals surface area contributed by atoms with Gasteiger partial charge in [-0.1, -0.05) is 67.1 Å². The van der Waals surface area contributed by atoms with Crippen LogP contribution in [0, 0.1) is 6.92 Å². The van der Waals surface area contributed by atoms with Crippen LogP contribution in [0.25, 0.3) is 10.2 Å². The third kappa shape index (κ3) is 4.93. The van der Waals surface area contributed by atoms with Crippen molar-refractivity contribution in [3.05, 3.63) is 59.7 Å². The van der Waals surface area contributed by atoms with Crippen molar-refractivity contribution < 1.29 is 4.79 Å². The summed E-state index contributed by atoms with van der Waals surface area (Å²) in [6.07, 6.45) is 0.399. The van der Waals surface area contributed by atoms with Gasteiger partial charge in [-0.15, -0.1) is 0 Å². The molecule has 0 aliphatic rings. The van der Waals surface area contributed by atoms with Crippen molar-refractivity contribution in [2.45, 2.75) is 27.2 Å². The summed E-state index contributed by atoms with van der Waals surface area (Å²) in [6, 6.07) is 16.2. The van der Waals surface area contributed by atoms with E-state index < -0.39 is 0 Å². The lowest BCUT2D eigenvalue weighted by Crippen LogP contribution is -2.39. The Bertz CT molecular complexity index is 868. The summed E-state index contributed by atoms with van der Waals surface area (Å²) in [4.78, 5) is 22.1. The molecule has 0 fully saturated rings. The fourth-order valence-electron chi connectivity index (χ4n) is 3.18. The van der Waals surface area contributed by atoms with Crippen LogP contribution >= 0.6 is 11.3 Å². The van der Waals surface area contributed by atoms with E-state index in [1.807, 2.05) is 35.2 Å². The van der Waals surface area contributed by atoms with Gasteiger partial charge in [-0.2, -0.15) is 0 Å². The van der Waals surface area contributed by atoms with Gasteiger partial charge in [0.25, 0.3) is 0 Å². The summed E-state index contributed by atoms with van der Waals surface area (Å²) in [6.45, 7) is 9.83. The molecule has 1 aromatic heterocycles. The first-order chi connectivity index (χ1) is 13.1. The number of amides is 1. The summed E-state index contributed by atoms with van der Waals surface area (Å²) in [5.41, 5.74) is 3.18. The van der Waals surface area contributed by atoms with E-state index in [2.05, 4.69) is 43.9 Å². The zero-order valence-electron chi connectivity index (χ0n) is 16.3. The lowest BCUT2D eigenvalue weighted by Gasteiger charge is -2.24. The van der Waals surface area contributed by atoms with Gasteiger partial charge >= 0.3 is 0 Å². The van der Waals surface area contributed by atoms with Gasteiger partial charge in [-0.05, 0) is 37.7 Å². The Morgan fingerprint density at radius 2 is 1.81 bits per heavy atom. The highest BCUT2D eigenvalue weighted by molar-refractivity contribution is 7.22. The lowest BCUT2D eigenvalue weighted by atomic mass is 10.1. The number of anilines is 1. The highest BCUT2D eigenvalue weighted by Crippen LogP contribution is 2.29. The molecule has 3 rings (SSSR count). The number of hydrogen-bond donors (Lipinski definition) is 0. The molecule has 0 saturated heterocycles. The first-order valence-corrected chi connectivity index (χ1v) is 10.4. The second-order valence-electron chi connectivity index (χ2n) is 6.70. The van der Waals surface area contributed by atoms with Crippen LogP contribution in [0.15, 0.2) is 48.5 Å².